The largest absolute Gasteiger partial charge is 0.396 e. The Balaban J connectivity index is 2.06. The first kappa shape index (κ1) is 18.3. The number of hydrogen-bond acceptors (Lipinski definition) is 5. The molecule has 2 rings (SSSR count). The van der Waals surface area contributed by atoms with Crippen molar-refractivity contribution in [2.75, 3.05) is 17.7 Å². The van der Waals surface area contributed by atoms with E-state index < -0.39 is 0 Å². The summed E-state index contributed by atoms with van der Waals surface area (Å²) >= 11 is 1.71. The van der Waals surface area contributed by atoms with Crippen molar-refractivity contribution in [3.05, 3.63) is 63.7 Å². The fourth-order valence-electron chi connectivity index (χ4n) is 2.54. The molecule has 2 N–H and O–H groups in total. The second kappa shape index (κ2) is 8.70. The topological polar surface area (TPSA) is 75.4 Å². The first-order chi connectivity index (χ1) is 11.5. The maximum absolute atomic E-state index is 11.1. The molecule has 0 bridgehead atoms. The normalized spacial score (nSPS) is 12.0. The van der Waals surface area contributed by atoms with Gasteiger partial charge in [0.1, 0.15) is 0 Å². The molecule has 0 spiro atoms. The highest BCUT2D eigenvalue weighted by molar-refractivity contribution is 7.99. The highest BCUT2D eigenvalue weighted by Crippen LogP contribution is 2.29. The summed E-state index contributed by atoms with van der Waals surface area (Å²) in [5.74, 6) is 0.895. The van der Waals surface area contributed by atoms with Crippen molar-refractivity contribution in [1.29, 1.82) is 0 Å². The monoisotopic (exact) mass is 346 g/mol. The molecule has 0 aliphatic rings. The van der Waals surface area contributed by atoms with E-state index in [2.05, 4.69) is 5.32 Å². The molecular formula is C18H22N2O3S. The third-order valence-corrected chi connectivity index (χ3v) is 4.92. The SMILES string of the molecule is Cc1c(C(C)Nc2ccc(SCCCO)cc2)cccc1[N+](=O)[O-]. The van der Waals surface area contributed by atoms with Gasteiger partial charge in [-0.3, -0.25) is 10.1 Å². The van der Waals surface area contributed by atoms with Crippen molar-refractivity contribution in [3.63, 3.8) is 0 Å². The smallest absolute Gasteiger partial charge is 0.272 e. The first-order valence-electron chi connectivity index (χ1n) is 7.87. The average molecular weight is 346 g/mol. The van der Waals surface area contributed by atoms with Crippen LogP contribution in [-0.2, 0) is 0 Å². The van der Waals surface area contributed by atoms with Gasteiger partial charge in [-0.25, -0.2) is 0 Å². The lowest BCUT2D eigenvalue weighted by atomic mass is 10.0. The zero-order valence-electron chi connectivity index (χ0n) is 13.9. The Bertz CT molecular complexity index is 689. The van der Waals surface area contributed by atoms with Gasteiger partial charge in [0.2, 0.25) is 0 Å². The van der Waals surface area contributed by atoms with Crippen LogP contribution in [0.1, 0.15) is 30.5 Å². The molecule has 128 valence electrons. The van der Waals surface area contributed by atoms with E-state index in [0.717, 1.165) is 28.3 Å². The number of nitro groups is 1. The van der Waals surface area contributed by atoms with Crippen LogP contribution in [-0.4, -0.2) is 22.4 Å². The molecule has 0 aliphatic heterocycles. The number of aliphatic hydroxyl groups excluding tert-OH is 1. The van der Waals surface area contributed by atoms with Crippen LogP contribution in [0.25, 0.3) is 0 Å². The lowest BCUT2D eigenvalue weighted by Gasteiger charge is -2.18. The minimum atomic E-state index is -0.343. The van der Waals surface area contributed by atoms with Crippen molar-refractivity contribution < 1.29 is 10.0 Å². The van der Waals surface area contributed by atoms with Crippen LogP contribution in [0.2, 0.25) is 0 Å². The molecule has 5 nitrogen and oxygen atoms in total. The van der Waals surface area contributed by atoms with Crippen LogP contribution < -0.4 is 5.32 Å². The van der Waals surface area contributed by atoms with Crippen LogP contribution in [0.5, 0.6) is 0 Å². The van der Waals surface area contributed by atoms with Crippen molar-refractivity contribution in [3.8, 4) is 0 Å². The van der Waals surface area contributed by atoms with Crippen molar-refractivity contribution in [1.82, 2.24) is 0 Å². The number of thioether (sulfide) groups is 1. The van der Waals surface area contributed by atoms with E-state index in [9.17, 15) is 10.1 Å². The highest BCUT2D eigenvalue weighted by atomic mass is 32.2. The Morgan fingerprint density at radius 3 is 2.58 bits per heavy atom. The molecule has 0 aromatic heterocycles. The summed E-state index contributed by atoms with van der Waals surface area (Å²) in [6, 6.07) is 13.2. The number of rotatable bonds is 8. The maximum Gasteiger partial charge on any atom is 0.272 e. The van der Waals surface area contributed by atoms with Gasteiger partial charge in [0.25, 0.3) is 5.69 Å². The van der Waals surface area contributed by atoms with Crippen LogP contribution in [0.15, 0.2) is 47.4 Å². The molecule has 24 heavy (non-hydrogen) atoms. The third-order valence-electron chi connectivity index (χ3n) is 3.82. The Morgan fingerprint density at radius 2 is 1.96 bits per heavy atom. The van der Waals surface area contributed by atoms with Gasteiger partial charge >= 0.3 is 0 Å². The van der Waals surface area contributed by atoms with Crippen LogP contribution in [0, 0.1) is 17.0 Å². The molecule has 0 radical (unpaired) electrons. The molecule has 0 heterocycles. The zero-order valence-corrected chi connectivity index (χ0v) is 14.7. The van der Waals surface area contributed by atoms with E-state index in [-0.39, 0.29) is 23.3 Å². The lowest BCUT2D eigenvalue weighted by Crippen LogP contribution is -2.09. The number of nitro benzene ring substituents is 1. The standard InChI is InChI=1S/C18H22N2O3S/c1-13-17(5-3-6-18(13)20(22)23)14(2)19-15-7-9-16(10-8-15)24-12-4-11-21/h3,5-10,14,19,21H,4,11-12H2,1-2H3. The summed E-state index contributed by atoms with van der Waals surface area (Å²) in [5, 5.41) is 23.3. The Labute approximate surface area is 146 Å². The summed E-state index contributed by atoms with van der Waals surface area (Å²) in [5.41, 5.74) is 2.74. The van der Waals surface area contributed by atoms with E-state index in [4.69, 9.17) is 5.11 Å². The third kappa shape index (κ3) is 4.72. The van der Waals surface area contributed by atoms with Crippen molar-refractivity contribution in [2.45, 2.75) is 31.2 Å². The summed E-state index contributed by atoms with van der Waals surface area (Å²) < 4.78 is 0. The summed E-state index contributed by atoms with van der Waals surface area (Å²) in [6.07, 6.45) is 0.785. The van der Waals surface area contributed by atoms with Gasteiger partial charge in [-0.15, -0.1) is 11.8 Å². The summed E-state index contributed by atoms with van der Waals surface area (Å²) in [4.78, 5) is 11.9. The van der Waals surface area contributed by atoms with Crippen LogP contribution in [0.3, 0.4) is 0 Å². The second-order valence-corrected chi connectivity index (χ2v) is 6.73. The fourth-order valence-corrected chi connectivity index (χ4v) is 3.38. The minimum absolute atomic E-state index is 0.0298. The van der Waals surface area contributed by atoms with Crippen LogP contribution in [0.4, 0.5) is 11.4 Å². The zero-order chi connectivity index (χ0) is 17.5. The molecule has 1 unspecified atom stereocenters. The van der Waals surface area contributed by atoms with Gasteiger partial charge in [-0.1, -0.05) is 12.1 Å². The van der Waals surface area contributed by atoms with Gasteiger partial charge in [0.15, 0.2) is 0 Å². The molecule has 0 amide bonds. The first-order valence-corrected chi connectivity index (χ1v) is 8.85. The molecular weight excluding hydrogens is 324 g/mol. The van der Waals surface area contributed by atoms with E-state index in [1.165, 1.54) is 6.07 Å². The van der Waals surface area contributed by atoms with Gasteiger partial charge in [-0.05, 0) is 50.1 Å². The summed E-state index contributed by atoms with van der Waals surface area (Å²) in [6.45, 7) is 4.00. The molecule has 0 aliphatic carbocycles. The van der Waals surface area contributed by atoms with Crippen molar-refractivity contribution in [2.24, 2.45) is 0 Å². The van der Waals surface area contributed by atoms with Gasteiger partial charge in [-0.2, -0.15) is 0 Å². The number of nitrogens with zero attached hydrogens (tertiary/aromatic N) is 1. The number of anilines is 1. The van der Waals surface area contributed by atoms with E-state index in [0.29, 0.717) is 5.56 Å². The number of aliphatic hydroxyl groups is 1. The van der Waals surface area contributed by atoms with Gasteiger partial charge in [0, 0.05) is 40.6 Å². The minimum Gasteiger partial charge on any atom is -0.396 e. The van der Waals surface area contributed by atoms with Crippen molar-refractivity contribution >= 4 is 23.1 Å². The molecule has 1 atom stereocenters. The lowest BCUT2D eigenvalue weighted by molar-refractivity contribution is -0.385. The molecule has 2 aromatic rings. The Hall–Kier alpha value is -2.05. The van der Waals surface area contributed by atoms with Crippen LogP contribution >= 0.6 is 11.8 Å². The molecule has 2 aromatic carbocycles. The van der Waals surface area contributed by atoms with E-state index in [1.54, 1.807) is 24.8 Å². The average Bonchev–Trinajstić information content (AvgIpc) is 2.56. The highest BCUT2D eigenvalue weighted by Gasteiger charge is 2.17. The molecule has 6 heteroatoms. The molecule has 0 saturated carbocycles. The Morgan fingerprint density at radius 1 is 1.25 bits per heavy atom. The summed E-state index contributed by atoms with van der Waals surface area (Å²) in [7, 11) is 0. The molecule has 0 saturated heterocycles. The number of hydrogen-bond donors (Lipinski definition) is 2. The Kier molecular flexibility index (Phi) is 6.63. The number of benzene rings is 2. The molecule has 0 fully saturated rings. The predicted octanol–water partition coefficient (Wildman–Crippen LogP) is 4.55. The predicted molar refractivity (Wildman–Crippen MR) is 98.7 cm³/mol. The van der Waals surface area contributed by atoms with E-state index in [1.807, 2.05) is 37.3 Å². The maximum atomic E-state index is 11.1. The van der Waals surface area contributed by atoms with Gasteiger partial charge < -0.3 is 10.4 Å². The quantitative estimate of drug-likeness (QED) is 0.317. The van der Waals surface area contributed by atoms with Gasteiger partial charge in [0.05, 0.1) is 4.92 Å². The second-order valence-electron chi connectivity index (χ2n) is 5.56. The van der Waals surface area contributed by atoms with E-state index >= 15 is 0 Å². The fraction of sp³-hybridized carbons (Fsp3) is 0.333. The number of nitrogens with one attached hydrogen (secondary N) is 1.